The minimum atomic E-state index is -0.477. The zero-order valence-electron chi connectivity index (χ0n) is 53.2. The number of hydrogen-bond acceptors (Lipinski definition) is 2. The molecule has 0 bridgehead atoms. The number of allylic oxidation sites excluding steroid dienone is 8. The van der Waals surface area contributed by atoms with Crippen molar-refractivity contribution in [3.05, 3.63) is 332 Å². The molecule has 0 aromatic heterocycles. The lowest BCUT2D eigenvalue weighted by molar-refractivity contribution is -0.401. The number of fused-ring (bicyclic) bond motifs is 8. The van der Waals surface area contributed by atoms with Crippen LogP contribution < -0.4 is 9.80 Å². The highest BCUT2D eigenvalue weighted by molar-refractivity contribution is 6.33. The highest BCUT2D eigenvalue weighted by Crippen LogP contribution is 2.54. The lowest BCUT2D eigenvalue weighted by atomic mass is 9.68. The van der Waals surface area contributed by atoms with E-state index in [0.29, 0.717) is 0 Å². The van der Waals surface area contributed by atoms with Crippen LogP contribution >= 0.6 is 23.2 Å². The Balaban J connectivity index is 0.896. The van der Waals surface area contributed by atoms with Crippen molar-refractivity contribution in [3.8, 4) is 0 Å². The first-order valence-corrected chi connectivity index (χ1v) is 32.6. The first kappa shape index (κ1) is 58.9. The number of halogens is 2. The maximum absolute atomic E-state index is 7.92. The van der Waals surface area contributed by atoms with Crippen molar-refractivity contribution >= 4 is 78.9 Å². The van der Waals surface area contributed by atoms with E-state index in [1.165, 1.54) is 100 Å². The Kier molecular flexibility index (Phi) is 15.0. The minimum absolute atomic E-state index is 0.165. The predicted octanol–water partition coefficient (Wildman–Crippen LogP) is 20.1. The van der Waals surface area contributed by atoms with Crippen molar-refractivity contribution < 1.29 is 9.15 Å². The molecule has 0 amide bonds. The van der Waals surface area contributed by atoms with Crippen LogP contribution in [0.15, 0.2) is 266 Å². The molecule has 90 heavy (non-hydrogen) atoms. The van der Waals surface area contributed by atoms with E-state index < -0.39 is 10.8 Å². The summed E-state index contributed by atoms with van der Waals surface area (Å²) in [5.74, 6) is -0.165. The Morgan fingerprint density at radius 3 is 1.09 bits per heavy atom. The number of benzene rings is 10. The molecule has 4 nitrogen and oxygen atoms in total. The molecule has 0 atom stereocenters. The molecule has 10 aromatic rings. The second kappa shape index (κ2) is 22.9. The number of hydrogen-bond donors (Lipinski definition) is 0. The molecule has 0 radical (unpaired) electrons. The molecule has 14 rings (SSSR count). The van der Waals surface area contributed by atoms with Gasteiger partial charge in [-0.15, -0.1) is 0 Å². The van der Waals surface area contributed by atoms with E-state index in [9.17, 15) is 0 Å². The highest BCUT2D eigenvalue weighted by Gasteiger charge is 2.53. The van der Waals surface area contributed by atoms with Gasteiger partial charge >= 0.3 is 0 Å². The lowest BCUT2D eigenvalue weighted by Gasteiger charge is -2.29. The van der Waals surface area contributed by atoms with E-state index in [2.05, 4.69) is 337 Å². The molecule has 6 heteroatoms. The van der Waals surface area contributed by atoms with Gasteiger partial charge in [-0.25, -0.2) is 0 Å². The lowest BCUT2D eigenvalue weighted by Crippen LogP contribution is -2.39. The van der Waals surface area contributed by atoms with Gasteiger partial charge in [0, 0.05) is 99.1 Å². The molecule has 4 aliphatic heterocycles. The smallest absolute Gasteiger partial charge is 0.209 e. The van der Waals surface area contributed by atoms with Crippen molar-refractivity contribution in [2.75, 3.05) is 38.0 Å². The van der Waals surface area contributed by atoms with E-state index in [0.717, 1.165) is 58.2 Å². The Hall–Kier alpha value is -8.80. The van der Waals surface area contributed by atoms with Crippen LogP contribution in [0.5, 0.6) is 0 Å². The molecular weight excluding hydrogens is 1140 g/mol. The molecule has 0 unspecified atom stereocenters. The normalized spacial score (nSPS) is 17.7. The topological polar surface area (TPSA) is 12.5 Å². The van der Waals surface area contributed by atoms with Crippen LogP contribution in [0.1, 0.15) is 96.2 Å². The summed E-state index contributed by atoms with van der Waals surface area (Å²) >= 11 is 15.8. The molecule has 0 saturated heterocycles. The Morgan fingerprint density at radius 2 is 0.744 bits per heavy atom. The first-order valence-electron chi connectivity index (χ1n) is 31.9. The maximum atomic E-state index is 7.92. The van der Waals surface area contributed by atoms with Crippen LogP contribution in [-0.2, 0) is 47.3 Å². The molecule has 446 valence electrons. The van der Waals surface area contributed by atoms with Crippen molar-refractivity contribution in [2.24, 2.45) is 0 Å². The van der Waals surface area contributed by atoms with Crippen LogP contribution in [0, 0.1) is 0 Å². The standard InChI is InChI=1S/C84H78Cl2N4/c1-56(65-48-73-67(50-69(65)85)83(52-57-28-14-10-15-29-57,53-58-30-16-11-17-31-58)77(89(73)8)42-26-40-75-81(2,3)79-63-38-24-22-36-61(63)44-46-71(79)87(75)6)66-49-74-68(51-70(66)86)84(54-59-32-18-12-19-33-59,55-60-34-20-13-21-35-60)78(90(74)9)43-27-41-76-82(4,5)80-64-39-25-23-37-62(64)45-47-72(80)88(76)7/h10-51,56H,52-55H2,1-9H3/q+2. The number of likely N-dealkylation sites (N-methyl/N-ethyl adjacent to an activating group) is 2. The van der Waals surface area contributed by atoms with Gasteiger partial charge in [-0.05, 0) is 128 Å². The van der Waals surface area contributed by atoms with Crippen LogP contribution in [0.25, 0.3) is 21.5 Å². The van der Waals surface area contributed by atoms with Gasteiger partial charge in [0.2, 0.25) is 11.4 Å². The summed E-state index contributed by atoms with van der Waals surface area (Å²) in [6.07, 6.45) is 17.2. The fourth-order valence-electron chi connectivity index (χ4n) is 16.5. The maximum Gasteiger partial charge on any atom is 0.209 e. The average molecular weight is 1210 g/mol. The SMILES string of the molecule is CC(c1cc2c(cc1Cl)C(Cc1ccccc1)(Cc1ccccc1)C(/C=C/C=C1/N(C)c3ccc4ccccc4c3C1(C)C)=[N+]2C)c1cc2c(cc1Cl)C(Cc1ccccc1)(Cc1ccccc1)C(/C=C/C=C1/N(C)c3ccc4ccccc4c3C1(C)C)=[N+]2C. The third kappa shape index (κ3) is 9.72. The minimum Gasteiger partial charge on any atom is -0.347 e. The monoisotopic (exact) mass is 1210 g/mol. The molecular formula is C84H78Cl2N4+2. The summed E-state index contributed by atoms with van der Waals surface area (Å²) in [6.45, 7) is 11.8. The van der Waals surface area contributed by atoms with Crippen LogP contribution in [-0.4, -0.2) is 48.8 Å². The Bertz CT molecular complexity index is 4300. The van der Waals surface area contributed by atoms with Gasteiger partial charge in [-0.3, -0.25) is 0 Å². The summed E-state index contributed by atoms with van der Waals surface area (Å²) < 4.78 is 4.89. The Morgan fingerprint density at radius 1 is 0.422 bits per heavy atom. The third-order valence-corrected chi connectivity index (χ3v) is 21.5. The highest BCUT2D eigenvalue weighted by atomic mass is 35.5. The van der Waals surface area contributed by atoms with Gasteiger partial charge in [-0.2, -0.15) is 9.15 Å². The molecule has 0 saturated carbocycles. The fraction of sp³-hybridized carbons (Fsp3) is 0.214. The summed E-state index contributed by atoms with van der Waals surface area (Å²) in [4.78, 5) is 4.77. The van der Waals surface area contributed by atoms with Crippen molar-refractivity contribution in [2.45, 2.75) is 87.9 Å². The second-order valence-corrected chi connectivity index (χ2v) is 27.6. The van der Waals surface area contributed by atoms with Gasteiger partial charge in [0.05, 0.1) is 10.8 Å². The van der Waals surface area contributed by atoms with E-state index >= 15 is 0 Å². The van der Waals surface area contributed by atoms with Crippen LogP contribution in [0.2, 0.25) is 10.0 Å². The number of nitrogens with zero attached hydrogens (tertiary/aromatic N) is 4. The summed E-state index contributed by atoms with van der Waals surface area (Å²) in [7, 11) is 8.94. The molecule has 10 aromatic carbocycles. The predicted molar refractivity (Wildman–Crippen MR) is 381 cm³/mol. The largest absolute Gasteiger partial charge is 0.347 e. The quantitative estimate of drug-likeness (QED) is 0.101. The number of rotatable bonds is 14. The van der Waals surface area contributed by atoms with Crippen molar-refractivity contribution in [1.82, 2.24) is 0 Å². The molecule has 4 heterocycles. The van der Waals surface area contributed by atoms with Gasteiger partial charge in [0.1, 0.15) is 14.1 Å². The average Bonchev–Trinajstić information content (AvgIpc) is 1.59. The Labute approximate surface area is 542 Å². The van der Waals surface area contributed by atoms with E-state index in [4.69, 9.17) is 23.2 Å². The van der Waals surface area contributed by atoms with Gasteiger partial charge in [0.15, 0.2) is 11.4 Å². The molecule has 0 fully saturated rings. The zero-order valence-corrected chi connectivity index (χ0v) is 54.7. The van der Waals surface area contributed by atoms with E-state index in [1.54, 1.807) is 0 Å². The van der Waals surface area contributed by atoms with E-state index in [1.807, 2.05) is 0 Å². The molecule has 0 spiro atoms. The van der Waals surface area contributed by atoms with Crippen LogP contribution in [0.3, 0.4) is 0 Å². The molecule has 0 N–H and O–H groups in total. The van der Waals surface area contributed by atoms with Gasteiger partial charge in [-0.1, -0.05) is 252 Å². The van der Waals surface area contributed by atoms with Crippen molar-refractivity contribution in [3.63, 3.8) is 0 Å². The summed E-state index contributed by atoms with van der Waals surface area (Å²) in [5.41, 5.74) is 20.7. The third-order valence-electron chi connectivity index (χ3n) is 20.8. The van der Waals surface area contributed by atoms with Gasteiger partial charge < -0.3 is 9.80 Å². The van der Waals surface area contributed by atoms with Crippen LogP contribution in [0.4, 0.5) is 22.7 Å². The fourth-order valence-corrected chi connectivity index (χ4v) is 17.2. The molecule has 4 aliphatic rings. The van der Waals surface area contributed by atoms with Gasteiger partial charge in [0.25, 0.3) is 0 Å². The zero-order chi connectivity index (χ0) is 62.3. The summed E-state index contributed by atoms with van der Waals surface area (Å²) in [5, 5.41) is 6.61. The number of anilines is 2. The summed E-state index contributed by atoms with van der Waals surface area (Å²) in [6, 6.07) is 80.0. The van der Waals surface area contributed by atoms with E-state index in [-0.39, 0.29) is 16.7 Å². The molecule has 0 aliphatic carbocycles. The second-order valence-electron chi connectivity index (χ2n) is 26.8. The van der Waals surface area contributed by atoms with Crippen molar-refractivity contribution in [1.29, 1.82) is 0 Å². The first-order chi connectivity index (χ1) is 43.5.